The number of benzene rings is 2. The third-order valence-electron chi connectivity index (χ3n) is 5.46. The van der Waals surface area contributed by atoms with E-state index >= 15 is 0 Å². The van der Waals surface area contributed by atoms with E-state index < -0.39 is 6.04 Å². The van der Waals surface area contributed by atoms with Crippen molar-refractivity contribution in [1.82, 2.24) is 0 Å². The van der Waals surface area contributed by atoms with Gasteiger partial charge in [0.2, 0.25) is 5.91 Å². The van der Waals surface area contributed by atoms with Gasteiger partial charge in [0.05, 0.1) is 24.5 Å². The van der Waals surface area contributed by atoms with Crippen molar-refractivity contribution in [2.45, 2.75) is 32.7 Å². The Morgan fingerprint density at radius 3 is 2.50 bits per heavy atom. The minimum atomic E-state index is -0.463. The number of ether oxygens (including phenoxy) is 1. The highest BCUT2D eigenvalue weighted by atomic mass is 16.5. The fourth-order valence-electron chi connectivity index (χ4n) is 4.23. The lowest BCUT2D eigenvalue weighted by Crippen LogP contribution is -2.37. The van der Waals surface area contributed by atoms with Crippen molar-refractivity contribution in [3.05, 3.63) is 65.4 Å². The van der Waals surface area contributed by atoms with Gasteiger partial charge in [0.25, 0.3) is 0 Å². The van der Waals surface area contributed by atoms with E-state index in [0.717, 1.165) is 34.8 Å². The number of hydrogen-bond donors (Lipinski definition) is 1. The number of rotatable bonds is 2. The van der Waals surface area contributed by atoms with Crippen molar-refractivity contribution in [3.63, 3.8) is 0 Å². The Bertz CT molecular complexity index is 962. The summed E-state index contributed by atoms with van der Waals surface area (Å²) >= 11 is 0. The molecule has 0 saturated heterocycles. The summed E-state index contributed by atoms with van der Waals surface area (Å²) in [4.78, 5) is 27.7. The molecule has 0 spiro atoms. The zero-order valence-electron chi connectivity index (χ0n) is 16.4. The molecule has 5 heteroatoms. The molecule has 144 valence electrons. The Kier molecular flexibility index (Phi) is 4.67. The van der Waals surface area contributed by atoms with E-state index in [1.807, 2.05) is 48.5 Å². The average molecular weight is 376 g/mol. The second-order valence-electron chi connectivity index (χ2n) is 7.54. The number of nitrogens with one attached hydrogen (secondary N) is 1. The fourth-order valence-corrected chi connectivity index (χ4v) is 4.23. The number of nitrogens with zero attached hydrogens (tertiary/aromatic N) is 1. The zero-order valence-corrected chi connectivity index (χ0v) is 16.4. The number of allylic oxidation sites excluding steroid dienone is 1. The van der Waals surface area contributed by atoms with Gasteiger partial charge in [-0.15, -0.1) is 0 Å². The highest BCUT2D eigenvalue weighted by molar-refractivity contribution is 6.05. The van der Waals surface area contributed by atoms with Crippen LogP contribution < -0.4 is 15.0 Å². The molecule has 1 N–H and O–H groups in total. The number of amides is 1. The number of fused-ring (bicyclic) bond motifs is 1. The first kappa shape index (κ1) is 18.3. The summed E-state index contributed by atoms with van der Waals surface area (Å²) < 4.78 is 5.28. The molecule has 2 aromatic rings. The normalized spacial score (nSPS) is 21.4. The maximum absolute atomic E-state index is 13.2. The first-order valence-electron chi connectivity index (χ1n) is 9.55. The van der Waals surface area contributed by atoms with Gasteiger partial charge < -0.3 is 10.1 Å². The highest BCUT2D eigenvalue weighted by Crippen LogP contribution is 2.45. The number of carbonyl (C=O) groups is 2. The number of para-hydroxylation sites is 2. The molecular weight excluding hydrogens is 352 g/mol. The maximum Gasteiger partial charge on any atom is 0.224 e. The molecular formula is C23H24N2O3. The second kappa shape index (κ2) is 7.15. The van der Waals surface area contributed by atoms with E-state index in [0.29, 0.717) is 12.0 Å². The number of hydrogen-bond acceptors (Lipinski definition) is 4. The average Bonchev–Trinajstić information content (AvgIpc) is 2.82. The van der Waals surface area contributed by atoms with Crippen LogP contribution in [0.3, 0.4) is 0 Å². The Morgan fingerprint density at radius 2 is 1.82 bits per heavy atom. The van der Waals surface area contributed by atoms with E-state index in [1.54, 1.807) is 18.9 Å². The third kappa shape index (κ3) is 3.07. The SMILES string of the molecule is COc1ccc([C@@H]2C3=C(C[C@H](C)CC3=O)Nc3ccccc3N2C(C)=O)cc1. The zero-order chi connectivity index (χ0) is 19.8. The molecule has 0 saturated carbocycles. The molecule has 1 aliphatic carbocycles. The van der Waals surface area contributed by atoms with Crippen molar-refractivity contribution in [2.24, 2.45) is 5.92 Å². The van der Waals surface area contributed by atoms with Gasteiger partial charge in [0.1, 0.15) is 5.75 Å². The number of carbonyl (C=O) groups excluding carboxylic acids is 2. The lowest BCUT2D eigenvalue weighted by molar-refractivity contribution is -0.117. The van der Waals surface area contributed by atoms with Crippen molar-refractivity contribution >= 4 is 23.1 Å². The van der Waals surface area contributed by atoms with Crippen LogP contribution in [0.4, 0.5) is 11.4 Å². The summed E-state index contributed by atoms with van der Waals surface area (Å²) in [6, 6.07) is 14.9. The molecule has 2 atom stereocenters. The summed E-state index contributed by atoms with van der Waals surface area (Å²) in [7, 11) is 1.62. The molecule has 28 heavy (non-hydrogen) atoms. The van der Waals surface area contributed by atoms with Crippen LogP contribution in [0.25, 0.3) is 0 Å². The molecule has 4 rings (SSSR count). The first-order valence-corrected chi connectivity index (χ1v) is 9.55. The molecule has 1 amide bonds. The number of anilines is 2. The number of ketones is 1. The minimum Gasteiger partial charge on any atom is -0.497 e. The van der Waals surface area contributed by atoms with Gasteiger partial charge in [0, 0.05) is 24.6 Å². The predicted molar refractivity (Wildman–Crippen MR) is 109 cm³/mol. The van der Waals surface area contributed by atoms with Crippen molar-refractivity contribution < 1.29 is 14.3 Å². The van der Waals surface area contributed by atoms with Crippen LogP contribution in [-0.2, 0) is 9.59 Å². The van der Waals surface area contributed by atoms with Crippen LogP contribution >= 0.6 is 0 Å². The van der Waals surface area contributed by atoms with Crippen LogP contribution in [0.1, 0.15) is 38.3 Å². The van der Waals surface area contributed by atoms with Gasteiger partial charge in [-0.2, -0.15) is 0 Å². The molecule has 0 bridgehead atoms. The molecule has 2 aliphatic rings. The first-order chi connectivity index (χ1) is 13.5. The summed E-state index contributed by atoms with van der Waals surface area (Å²) in [6.45, 7) is 3.64. The maximum atomic E-state index is 13.2. The van der Waals surface area contributed by atoms with E-state index in [2.05, 4.69) is 12.2 Å². The largest absolute Gasteiger partial charge is 0.497 e. The topological polar surface area (TPSA) is 58.6 Å². The van der Waals surface area contributed by atoms with Gasteiger partial charge in [0.15, 0.2) is 5.78 Å². The molecule has 0 radical (unpaired) electrons. The number of methoxy groups -OCH3 is 1. The second-order valence-corrected chi connectivity index (χ2v) is 7.54. The van der Waals surface area contributed by atoms with E-state index in [9.17, 15) is 9.59 Å². The van der Waals surface area contributed by atoms with Crippen molar-refractivity contribution in [3.8, 4) is 5.75 Å². The monoisotopic (exact) mass is 376 g/mol. The van der Waals surface area contributed by atoms with E-state index in [1.165, 1.54) is 0 Å². The standard InChI is InChI=1S/C23H24N2O3/c1-14-12-19-22(21(27)13-14)23(16-8-10-17(28-3)11-9-16)25(15(2)26)20-7-5-4-6-18(20)24-19/h4-11,14,23-24H,12-13H2,1-3H3/t14-,23+/m0/s1. The van der Waals surface area contributed by atoms with Crippen LogP contribution in [-0.4, -0.2) is 18.8 Å². The van der Waals surface area contributed by atoms with Gasteiger partial charge >= 0.3 is 0 Å². The fraction of sp³-hybridized carbons (Fsp3) is 0.304. The third-order valence-corrected chi connectivity index (χ3v) is 5.46. The van der Waals surface area contributed by atoms with E-state index in [-0.39, 0.29) is 17.6 Å². The summed E-state index contributed by atoms with van der Waals surface area (Å²) in [5.41, 5.74) is 4.13. The quantitative estimate of drug-likeness (QED) is 0.840. The molecule has 1 heterocycles. The van der Waals surface area contributed by atoms with Crippen LogP contribution in [0.5, 0.6) is 5.75 Å². The smallest absolute Gasteiger partial charge is 0.224 e. The van der Waals surface area contributed by atoms with E-state index in [4.69, 9.17) is 4.74 Å². The lowest BCUT2D eigenvalue weighted by Gasteiger charge is -2.34. The van der Waals surface area contributed by atoms with Gasteiger partial charge in [-0.3, -0.25) is 14.5 Å². The van der Waals surface area contributed by atoms with Crippen molar-refractivity contribution in [1.29, 1.82) is 0 Å². The Labute approximate surface area is 165 Å². The minimum absolute atomic E-state index is 0.0983. The Balaban J connectivity index is 1.96. The van der Waals surface area contributed by atoms with Crippen LogP contribution in [0, 0.1) is 5.92 Å². The Morgan fingerprint density at radius 1 is 1.11 bits per heavy atom. The molecule has 5 nitrogen and oxygen atoms in total. The summed E-state index contributed by atoms with van der Waals surface area (Å²) in [5.74, 6) is 1.01. The highest BCUT2D eigenvalue weighted by Gasteiger charge is 2.39. The van der Waals surface area contributed by atoms with Crippen LogP contribution in [0.15, 0.2) is 59.8 Å². The molecule has 0 unspecified atom stereocenters. The van der Waals surface area contributed by atoms with Crippen LogP contribution in [0.2, 0.25) is 0 Å². The van der Waals surface area contributed by atoms with Crippen molar-refractivity contribution in [2.75, 3.05) is 17.3 Å². The lowest BCUT2D eigenvalue weighted by atomic mass is 9.81. The molecule has 2 aromatic carbocycles. The molecule has 1 aliphatic heterocycles. The van der Waals surface area contributed by atoms with Gasteiger partial charge in [-0.25, -0.2) is 0 Å². The molecule has 0 aromatic heterocycles. The predicted octanol–water partition coefficient (Wildman–Crippen LogP) is 4.47. The number of Topliss-reactive ketones (excluding diaryl/α,β-unsaturated/α-hetero) is 1. The molecule has 0 fully saturated rings. The summed E-state index contributed by atoms with van der Waals surface area (Å²) in [6.07, 6.45) is 1.28. The van der Waals surface area contributed by atoms with Gasteiger partial charge in [-0.05, 0) is 42.2 Å². The summed E-state index contributed by atoms with van der Waals surface area (Å²) in [5, 5.41) is 3.47. The van der Waals surface area contributed by atoms with Gasteiger partial charge in [-0.1, -0.05) is 31.2 Å². The Hall–Kier alpha value is -3.08.